The van der Waals surface area contributed by atoms with E-state index in [4.69, 9.17) is 15.6 Å². The Labute approximate surface area is 83.6 Å². The molecule has 1 saturated carbocycles. The van der Waals surface area contributed by atoms with Crippen LogP contribution in [0.3, 0.4) is 0 Å². The zero-order chi connectivity index (χ0) is 10.4. The second-order valence-corrected chi connectivity index (χ2v) is 3.78. The molecule has 5 nitrogen and oxygen atoms in total. The zero-order valence-corrected chi connectivity index (χ0v) is 8.29. The lowest BCUT2D eigenvalue weighted by Crippen LogP contribution is -2.34. The number of carbonyl (C=O) groups excluding carboxylic acids is 1. The molecule has 0 saturated heterocycles. The summed E-state index contributed by atoms with van der Waals surface area (Å²) in [5.41, 5.74) is 5.16. The normalized spacial score (nSPS) is 17.9. The van der Waals surface area contributed by atoms with E-state index < -0.39 is 0 Å². The first kappa shape index (κ1) is 11.4. The van der Waals surface area contributed by atoms with Crippen LogP contribution in [-0.2, 0) is 9.53 Å². The molecular formula is C9H18N2O3. The van der Waals surface area contributed by atoms with Crippen LogP contribution in [0.4, 0.5) is 0 Å². The largest absolute Gasteiger partial charge is 0.396 e. The Balaban J connectivity index is 2.03. The molecule has 0 aromatic heterocycles. The molecule has 0 bridgehead atoms. The molecule has 0 unspecified atom stereocenters. The number of aliphatic hydroxyl groups is 1. The van der Waals surface area contributed by atoms with Gasteiger partial charge in [0.15, 0.2) is 0 Å². The van der Waals surface area contributed by atoms with Crippen molar-refractivity contribution in [2.45, 2.75) is 12.8 Å². The van der Waals surface area contributed by atoms with Gasteiger partial charge in [-0.15, -0.1) is 0 Å². The number of ether oxygens (including phenoxy) is 1. The minimum absolute atomic E-state index is 0.0382. The van der Waals surface area contributed by atoms with Gasteiger partial charge in [-0.2, -0.15) is 0 Å². The van der Waals surface area contributed by atoms with Crippen molar-refractivity contribution >= 4 is 5.91 Å². The highest BCUT2D eigenvalue weighted by molar-refractivity contribution is 5.77. The Bertz CT molecular complexity index is 192. The summed E-state index contributed by atoms with van der Waals surface area (Å²) in [6.07, 6.45) is 1.99. The Kier molecular flexibility index (Phi) is 4.31. The van der Waals surface area contributed by atoms with Gasteiger partial charge in [0.2, 0.25) is 5.91 Å². The summed E-state index contributed by atoms with van der Waals surface area (Å²) in [6.45, 7) is 1.58. The number of aliphatic hydroxyl groups excluding tert-OH is 1. The van der Waals surface area contributed by atoms with Crippen molar-refractivity contribution in [1.29, 1.82) is 0 Å². The van der Waals surface area contributed by atoms with Gasteiger partial charge in [0.1, 0.15) is 6.61 Å². The SMILES string of the molecule is NCCOCC(=O)NCC1(CO)CC1. The van der Waals surface area contributed by atoms with Crippen LogP contribution in [-0.4, -0.2) is 43.9 Å². The van der Waals surface area contributed by atoms with Crippen LogP contribution in [0.25, 0.3) is 0 Å². The molecule has 14 heavy (non-hydrogen) atoms. The fraction of sp³-hybridized carbons (Fsp3) is 0.889. The van der Waals surface area contributed by atoms with Gasteiger partial charge in [-0.1, -0.05) is 0 Å². The molecule has 0 heterocycles. The first-order valence-corrected chi connectivity index (χ1v) is 4.88. The fourth-order valence-corrected chi connectivity index (χ4v) is 1.15. The molecule has 82 valence electrons. The van der Waals surface area contributed by atoms with Gasteiger partial charge < -0.3 is 20.9 Å². The van der Waals surface area contributed by atoms with Crippen LogP contribution in [0, 0.1) is 5.41 Å². The van der Waals surface area contributed by atoms with Crippen LogP contribution in [0.15, 0.2) is 0 Å². The summed E-state index contributed by atoms with van der Waals surface area (Å²) in [6, 6.07) is 0. The van der Waals surface area contributed by atoms with Gasteiger partial charge in [-0.05, 0) is 12.8 Å². The van der Waals surface area contributed by atoms with Gasteiger partial charge >= 0.3 is 0 Å². The van der Waals surface area contributed by atoms with Crippen LogP contribution in [0.5, 0.6) is 0 Å². The van der Waals surface area contributed by atoms with Crippen molar-refractivity contribution in [3.63, 3.8) is 0 Å². The third-order valence-electron chi connectivity index (χ3n) is 2.45. The summed E-state index contributed by atoms with van der Waals surface area (Å²) >= 11 is 0. The lowest BCUT2D eigenvalue weighted by molar-refractivity contribution is -0.125. The number of rotatable bonds is 7. The molecule has 4 N–H and O–H groups in total. The zero-order valence-electron chi connectivity index (χ0n) is 8.29. The van der Waals surface area contributed by atoms with E-state index in [0.29, 0.717) is 19.7 Å². The molecule has 5 heteroatoms. The summed E-state index contributed by atoms with van der Waals surface area (Å²) < 4.78 is 4.96. The molecule has 0 aromatic rings. The Hall–Kier alpha value is -0.650. The second-order valence-electron chi connectivity index (χ2n) is 3.78. The van der Waals surface area contributed by atoms with Crippen LogP contribution in [0.2, 0.25) is 0 Å². The van der Waals surface area contributed by atoms with E-state index in [9.17, 15) is 4.79 Å². The minimum atomic E-state index is -0.141. The summed E-state index contributed by atoms with van der Waals surface area (Å²) in [4.78, 5) is 11.1. The highest BCUT2D eigenvalue weighted by Gasteiger charge is 2.41. The molecular weight excluding hydrogens is 184 g/mol. The lowest BCUT2D eigenvalue weighted by Gasteiger charge is -2.12. The van der Waals surface area contributed by atoms with Crippen LogP contribution < -0.4 is 11.1 Å². The number of amides is 1. The van der Waals surface area contributed by atoms with Crippen LogP contribution in [0.1, 0.15) is 12.8 Å². The third kappa shape index (κ3) is 3.61. The van der Waals surface area contributed by atoms with E-state index >= 15 is 0 Å². The average molecular weight is 202 g/mol. The number of nitrogens with one attached hydrogen (secondary N) is 1. The van der Waals surface area contributed by atoms with Gasteiger partial charge in [0.25, 0.3) is 0 Å². The van der Waals surface area contributed by atoms with Gasteiger partial charge in [-0.3, -0.25) is 4.79 Å². The topological polar surface area (TPSA) is 84.6 Å². The molecule has 0 atom stereocenters. The van der Waals surface area contributed by atoms with E-state index in [-0.39, 0.29) is 24.5 Å². The smallest absolute Gasteiger partial charge is 0.246 e. The van der Waals surface area contributed by atoms with Crippen molar-refractivity contribution in [2.24, 2.45) is 11.1 Å². The van der Waals surface area contributed by atoms with Crippen molar-refractivity contribution < 1.29 is 14.6 Å². The summed E-state index contributed by atoms with van der Waals surface area (Å²) in [7, 11) is 0. The van der Waals surface area contributed by atoms with Crippen LogP contribution >= 0.6 is 0 Å². The molecule has 0 radical (unpaired) electrons. The van der Waals surface area contributed by atoms with E-state index in [1.807, 2.05) is 0 Å². The Morgan fingerprint density at radius 2 is 2.29 bits per heavy atom. The van der Waals surface area contributed by atoms with E-state index in [0.717, 1.165) is 12.8 Å². The predicted octanol–water partition coefficient (Wildman–Crippen LogP) is -1.15. The average Bonchev–Trinajstić information content (AvgIpc) is 2.96. The summed E-state index contributed by atoms with van der Waals surface area (Å²) in [5.74, 6) is -0.141. The quantitative estimate of drug-likeness (QED) is 0.455. The molecule has 1 rings (SSSR count). The summed E-state index contributed by atoms with van der Waals surface area (Å²) in [5, 5.41) is 11.7. The molecule has 1 aliphatic rings. The minimum Gasteiger partial charge on any atom is -0.396 e. The van der Waals surface area contributed by atoms with Crippen molar-refractivity contribution in [3.8, 4) is 0 Å². The van der Waals surface area contributed by atoms with Gasteiger partial charge in [-0.25, -0.2) is 0 Å². The van der Waals surface area contributed by atoms with E-state index in [1.54, 1.807) is 0 Å². The number of hydrogen-bond donors (Lipinski definition) is 3. The monoisotopic (exact) mass is 202 g/mol. The van der Waals surface area contributed by atoms with Crippen molar-refractivity contribution in [2.75, 3.05) is 32.9 Å². The predicted molar refractivity (Wildman–Crippen MR) is 51.6 cm³/mol. The molecule has 1 amide bonds. The third-order valence-corrected chi connectivity index (χ3v) is 2.45. The number of nitrogens with two attached hydrogens (primary N) is 1. The maximum Gasteiger partial charge on any atom is 0.246 e. The van der Waals surface area contributed by atoms with Gasteiger partial charge in [0.05, 0.1) is 13.2 Å². The Morgan fingerprint density at radius 3 is 2.79 bits per heavy atom. The van der Waals surface area contributed by atoms with E-state index in [2.05, 4.69) is 5.32 Å². The standard InChI is InChI=1S/C9H18N2O3/c10-3-4-14-5-8(13)11-6-9(7-12)1-2-9/h12H,1-7,10H2,(H,11,13). The van der Waals surface area contributed by atoms with Gasteiger partial charge in [0, 0.05) is 18.5 Å². The first-order chi connectivity index (χ1) is 6.72. The number of hydrogen-bond acceptors (Lipinski definition) is 4. The molecule has 0 spiro atoms. The molecule has 0 aliphatic heterocycles. The highest BCUT2D eigenvalue weighted by atomic mass is 16.5. The Morgan fingerprint density at radius 1 is 1.57 bits per heavy atom. The fourth-order valence-electron chi connectivity index (χ4n) is 1.15. The maximum absolute atomic E-state index is 11.1. The maximum atomic E-state index is 11.1. The second kappa shape index (κ2) is 5.29. The van der Waals surface area contributed by atoms with Crippen molar-refractivity contribution in [1.82, 2.24) is 5.32 Å². The molecule has 1 aliphatic carbocycles. The lowest BCUT2D eigenvalue weighted by atomic mass is 10.1. The van der Waals surface area contributed by atoms with Crippen molar-refractivity contribution in [3.05, 3.63) is 0 Å². The van der Waals surface area contributed by atoms with E-state index in [1.165, 1.54) is 0 Å². The molecule has 1 fully saturated rings. The molecule has 0 aromatic carbocycles. The first-order valence-electron chi connectivity index (χ1n) is 4.88. The number of carbonyl (C=O) groups is 1. The highest BCUT2D eigenvalue weighted by Crippen LogP contribution is 2.44.